The number of nitrogens with zero attached hydrogens (tertiary/aromatic N) is 2. The van der Waals surface area contributed by atoms with Gasteiger partial charge in [0.15, 0.2) is 5.13 Å². The van der Waals surface area contributed by atoms with Gasteiger partial charge in [-0.1, -0.05) is 47.6 Å². The van der Waals surface area contributed by atoms with Crippen LogP contribution in [0.5, 0.6) is 0 Å². The van der Waals surface area contributed by atoms with Crippen LogP contribution in [0.4, 0.5) is 9.52 Å². The highest BCUT2D eigenvalue weighted by Gasteiger charge is 2.23. The van der Waals surface area contributed by atoms with Crippen LogP contribution in [-0.2, 0) is 6.42 Å². The number of nitrogens with one attached hydrogen (secondary N) is 1. The molecule has 0 bridgehead atoms. The summed E-state index contributed by atoms with van der Waals surface area (Å²) in [5.41, 5.74) is 3.52. The Labute approximate surface area is 171 Å². The summed E-state index contributed by atoms with van der Waals surface area (Å²) >= 11 is 1.40. The summed E-state index contributed by atoms with van der Waals surface area (Å²) in [6.07, 6.45) is 0.626. The van der Waals surface area contributed by atoms with Crippen LogP contribution in [0.15, 0.2) is 59.1 Å². The number of hydrogen-bond donors (Lipinski definition) is 1. The van der Waals surface area contributed by atoms with Gasteiger partial charge in [0, 0.05) is 16.9 Å². The molecule has 29 heavy (non-hydrogen) atoms. The summed E-state index contributed by atoms with van der Waals surface area (Å²) in [6, 6.07) is 15.8. The van der Waals surface area contributed by atoms with Crippen LogP contribution in [0, 0.1) is 19.7 Å². The normalized spacial score (nSPS) is 10.9. The van der Waals surface area contributed by atoms with Crippen molar-refractivity contribution in [3.8, 4) is 11.3 Å². The van der Waals surface area contributed by atoms with Crippen molar-refractivity contribution in [2.24, 2.45) is 0 Å². The average Bonchev–Trinajstić information content (AvgIpc) is 3.26. The van der Waals surface area contributed by atoms with E-state index in [-0.39, 0.29) is 11.7 Å². The minimum Gasteiger partial charge on any atom is -0.360 e. The maximum absolute atomic E-state index is 13.1. The van der Waals surface area contributed by atoms with Gasteiger partial charge in [-0.25, -0.2) is 9.37 Å². The van der Waals surface area contributed by atoms with Gasteiger partial charge in [0.25, 0.3) is 5.91 Å². The first-order valence-electron chi connectivity index (χ1n) is 9.05. The fourth-order valence-corrected chi connectivity index (χ4v) is 4.02. The first kappa shape index (κ1) is 19.0. The Bertz CT molecular complexity index is 1150. The van der Waals surface area contributed by atoms with E-state index in [1.165, 1.54) is 23.5 Å². The highest BCUT2D eigenvalue weighted by atomic mass is 32.1. The molecule has 5 nitrogen and oxygen atoms in total. The fraction of sp³-hybridized carbons (Fsp3) is 0.136. The standard InChI is InChI=1S/C22H18FN3O2S/c1-13-18(12-15-8-10-17(23)11-9-15)29-22(24-13)25-21(27)19-14(2)28-26-20(19)16-6-4-3-5-7-16/h3-11H,12H2,1-2H3,(H,24,25,27). The monoisotopic (exact) mass is 407 g/mol. The molecular weight excluding hydrogens is 389 g/mol. The average molecular weight is 407 g/mol. The van der Waals surface area contributed by atoms with E-state index in [0.717, 1.165) is 21.7 Å². The Hall–Kier alpha value is -3.32. The molecule has 0 fully saturated rings. The van der Waals surface area contributed by atoms with Gasteiger partial charge >= 0.3 is 0 Å². The second-order valence-corrected chi connectivity index (χ2v) is 7.70. The smallest absolute Gasteiger partial charge is 0.263 e. The Morgan fingerprint density at radius 1 is 1.10 bits per heavy atom. The topological polar surface area (TPSA) is 68.0 Å². The summed E-state index contributed by atoms with van der Waals surface area (Å²) in [6.45, 7) is 3.60. The predicted molar refractivity (Wildman–Crippen MR) is 111 cm³/mol. The van der Waals surface area contributed by atoms with Gasteiger partial charge in [-0.3, -0.25) is 10.1 Å². The number of carbonyl (C=O) groups excluding carboxylic acids is 1. The number of benzene rings is 2. The quantitative estimate of drug-likeness (QED) is 0.481. The Morgan fingerprint density at radius 3 is 2.55 bits per heavy atom. The number of aromatic nitrogens is 2. The number of rotatable bonds is 5. The molecule has 7 heteroatoms. The molecule has 0 unspecified atom stereocenters. The second-order valence-electron chi connectivity index (χ2n) is 6.61. The summed E-state index contributed by atoms with van der Waals surface area (Å²) in [4.78, 5) is 18.4. The van der Waals surface area contributed by atoms with Crippen LogP contribution in [0.1, 0.15) is 32.3 Å². The van der Waals surface area contributed by atoms with Crippen LogP contribution < -0.4 is 5.32 Å². The first-order chi connectivity index (χ1) is 14.0. The number of halogens is 1. The van der Waals surface area contributed by atoms with E-state index in [9.17, 15) is 9.18 Å². The van der Waals surface area contributed by atoms with E-state index >= 15 is 0 Å². The van der Waals surface area contributed by atoms with Crippen LogP contribution >= 0.6 is 11.3 Å². The maximum Gasteiger partial charge on any atom is 0.263 e. The molecule has 0 saturated carbocycles. The lowest BCUT2D eigenvalue weighted by atomic mass is 10.1. The van der Waals surface area contributed by atoms with Crippen molar-refractivity contribution in [1.29, 1.82) is 0 Å². The third kappa shape index (κ3) is 4.09. The van der Waals surface area contributed by atoms with Crippen molar-refractivity contribution in [1.82, 2.24) is 10.1 Å². The molecule has 1 amide bonds. The minimum atomic E-state index is -0.315. The molecule has 0 atom stereocenters. The van der Waals surface area contributed by atoms with Crippen LogP contribution in [0.3, 0.4) is 0 Å². The molecule has 4 aromatic rings. The third-order valence-electron chi connectivity index (χ3n) is 4.53. The first-order valence-corrected chi connectivity index (χ1v) is 9.86. The molecule has 2 aromatic carbocycles. The lowest BCUT2D eigenvalue weighted by Crippen LogP contribution is -2.13. The Balaban J connectivity index is 1.56. The van der Waals surface area contributed by atoms with Gasteiger partial charge in [0.2, 0.25) is 0 Å². The van der Waals surface area contributed by atoms with E-state index in [1.54, 1.807) is 19.1 Å². The lowest BCUT2D eigenvalue weighted by Gasteiger charge is -2.03. The summed E-state index contributed by atoms with van der Waals surface area (Å²) in [7, 11) is 0. The number of amides is 1. The van der Waals surface area contributed by atoms with Gasteiger partial charge < -0.3 is 4.52 Å². The van der Waals surface area contributed by atoms with Gasteiger partial charge in [0.1, 0.15) is 22.8 Å². The summed E-state index contributed by atoms with van der Waals surface area (Å²) in [5, 5.41) is 7.41. The molecule has 0 radical (unpaired) electrons. The zero-order valence-corrected chi connectivity index (χ0v) is 16.7. The van der Waals surface area contributed by atoms with Crippen LogP contribution in [0.2, 0.25) is 0 Å². The van der Waals surface area contributed by atoms with E-state index in [4.69, 9.17) is 4.52 Å². The van der Waals surface area contributed by atoms with Crippen molar-refractivity contribution in [3.05, 3.63) is 87.9 Å². The van der Waals surface area contributed by atoms with Crippen LogP contribution in [0.25, 0.3) is 11.3 Å². The van der Waals surface area contributed by atoms with E-state index < -0.39 is 0 Å². The fourth-order valence-electron chi connectivity index (χ4n) is 3.03. The number of hydrogen-bond acceptors (Lipinski definition) is 5. The largest absolute Gasteiger partial charge is 0.360 e. The molecule has 0 aliphatic heterocycles. The highest BCUT2D eigenvalue weighted by molar-refractivity contribution is 7.15. The van der Waals surface area contributed by atoms with Crippen molar-refractivity contribution < 1.29 is 13.7 Å². The maximum atomic E-state index is 13.1. The number of anilines is 1. The predicted octanol–water partition coefficient (Wildman–Crippen LogP) is 5.40. The van der Waals surface area contributed by atoms with Gasteiger partial charge in [-0.15, -0.1) is 11.3 Å². The summed E-state index contributed by atoms with van der Waals surface area (Å²) < 4.78 is 18.4. The Morgan fingerprint density at radius 2 is 1.83 bits per heavy atom. The lowest BCUT2D eigenvalue weighted by molar-refractivity contribution is 0.102. The SMILES string of the molecule is Cc1nc(NC(=O)c2c(-c3ccccc3)noc2C)sc1Cc1ccc(F)cc1. The molecule has 2 aromatic heterocycles. The summed E-state index contributed by atoms with van der Waals surface area (Å²) in [5.74, 6) is -0.133. The zero-order chi connectivity index (χ0) is 20.4. The molecule has 0 aliphatic carbocycles. The van der Waals surface area contributed by atoms with Crippen molar-refractivity contribution in [3.63, 3.8) is 0 Å². The van der Waals surface area contributed by atoms with Crippen molar-refractivity contribution in [2.45, 2.75) is 20.3 Å². The minimum absolute atomic E-state index is 0.263. The van der Waals surface area contributed by atoms with E-state index in [1.807, 2.05) is 37.3 Å². The van der Waals surface area contributed by atoms with Crippen molar-refractivity contribution in [2.75, 3.05) is 5.32 Å². The molecule has 0 saturated heterocycles. The molecule has 0 aliphatic rings. The third-order valence-corrected chi connectivity index (χ3v) is 5.60. The van der Waals surface area contributed by atoms with E-state index in [2.05, 4.69) is 15.5 Å². The highest BCUT2D eigenvalue weighted by Crippen LogP contribution is 2.29. The molecule has 2 heterocycles. The molecule has 1 N–H and O–H groups in total. The van der Waals surface area contributed by atoms with Gasteiger partial charge in [0.05, 0.1) is 5.69 Å². The Kier molecular flexibility index (Phi) is 5.22. The zero-order valence-electron chi connectivity index (χ0n) is 15.9. The second kappa shape index (κ2) is 7.97. The molecule has 0 spiro atoms. The van der Waals surface area contributed by atoms with Gasteiger partial charge in [-0.2, -0.15) is 0 Å². The van der Waals surface area contributed by atoms with Crippen molar-refractivity contribution >= 4 is 22.4 Å². The van der Waals surface area contributed by atoms with Crippen LogP contribution in [-0.4, -0.2) is 16.0 Å². The number of thiazole rings is 1. The molecule has 146 valence electrons. The van der Waals surface area contributed by atoms with Gasteiger partial charge in [-0.05, 0) is 31.5 Å². The van der Waals surface area contributed by atoms with E-state index in [0.29, 0.717) is 28.6 Å². The molecule has 4 rings (SSSR count). The molecular formula is C22H18FN3O2S. The number of aryl methyl sites for hydroxylation is 2. The number of carbonyl (C=O) groups is 1.